The van der Waals surface area contributed by atoms with E-state index in [2.05, 4.69) is 4.98 Å². The number of nitrogens with zero attached hydrogens (tertiary/aromatic N) is 1. The monoisotopic (exact) mass is 325 g/mol. The summed E-state index contributed by atoms with van der Waals surface area (Å²) in [5, 5.41) is 0.520. The summed E-state index contributed by atoms with van der Waals surface area (Å²) >= 11 is 6.06. The fraction of sp³-hybridized carbons (Fsp3) is 0.267. The van der Waals surface area contributed by atoms with Crippen molar-refractivity contribution in [3.63, 3.8) is 0 Å². The van der Waals surface area contributed by atoms with E-state index in [0.29, 0.717) is 28.2 Å². The molecule has 112 valence electrons. The fourth-order valence-electron chi connectivity index (χ4n) is 1.85. The average molecular weight is 326 g/mol. The van der Waals surface area contributed by atoms with Crippen LogP contribution in [0.2, 0.25) is 5.02 Å². The molecule has 1 aromatic heterocycles. The summed E-state index contributed by atoms with van der Waals surface area (Å²) in [4.78, 5) is 4.26. The summed E-state index contributed by atoms with van der Waals surface area (Å²) in [5.41, 5.74) is 1.65. The number of pyridine rings is 1. The third-order valence-electron chi connectivity index (χ3n) is 2.84. The summed E-state index contributed by atoms with van der Waals surface area (Å²) in [7, 11) is 2.05. The number of methoxy groups -OCH3 is 2. The molecule has 21 heavy (non-hydrogen) atoms. The van der Waals surface area contributed by atoms with Gasteiger partial charge in [-0.25, -0.2) is 4.98 Å². The Bertz CT molecular complexity index is 649. The zero-order valence-electron chi connectivity index (χ0n) is 11.8. The predicted molar refractivity (Wildman–Crippen MR) is 84.3 cm³/mol. The van der Waals surface area contributed by atoms with E-state index in [1.54, 1.807) is 32.4 Å². The smallest absolute Gasteiger partial charge is 0.213 e. The maximum Gasteiger partial charge on any atom is 0.213 e. The molecule has 4 nitrogen and oxygen atoms in total. The minimum absolute atomic E-state index is 0.376. The molecule has 0 aliphatic heterocycles. The van der Waals surface area contributed by atoms with Gasteiger partial charge in [-0.3, -0.25) is 4.21 Å². The number of ether oxygens (including phenoxy) is 2. The normalized spacial score (nSPS) is 12.0. The van der Waals surface area contributed by atoms with Gasteiger partial charge in [0.25, 0.3) is 0 Å². The number of halogens is 1. The van der Waals surface area contributed by atoms with E-state index in [4.69, 9.17) is 21.1 Å². The van der Waals surface area contributed by atoms with E-state index in [9.17, 15) is 4.21 Å². The van der Waals surface area contributed by atoms with Crippen molar-refractivity contribution in [2.75, 3.05) is 14.2 Å². The Morgan fingerprint density at radius 3 is 2.62 bits per heavy atom. The SMILES string of the molecule is COc1cccc(C[S@](=O)Cc2ccc(OC)c(Cl)c2)n1. The topological polar surface area (TPSA) is 48.4 Å². The highest BCUT2D eigenvalue weighted by molar-refractivity contribution is 7.83. The summed E-state index contributed by atoms with van der Waals surface area (Å²) in [5.74, 6) is 1.93. The van der Waals surface area contributed by atoms with Crippen LogP contribution in [0.15, 0.2) is 36.4 Å². The van der Waals surface area contributed by atoms with E-state index < -0.39 is 10.8 Å². The Labute approximate surface area is 131 Å². The van der Waals surface area contributed by atoms with Crippen molar-refractivity contribution in [3.8, 4) is 11.6 Å². The van der Waals surface area contributed by atoms with Gasteiger partial charge >= 0.3 is 0 Å². The highest BCUT2D eigenvalue weighted by Gasteiger charge is 2.08. The molecule has 0 fully saturated rings. The molecule has 1 aromatic carbocycles. The third kappa shape index (κ3) is 4.44. The molecule has 2 rings (SSSR count). The molecule has 0 amide bonds. The number of rotatable bonds is 6. The predicted octanol–water partition coefficient (Wildman–Crippen LogP) is 3.20. The first-order valence-corrected chi connectivity index (χ1v) is 8.16. The van der Waals surface area contributed by atoms with Gasteiger partial charge in [0.1, 0.15) is 5.75 Å². The Morgan fingerprint density at radius 1 is 1.14 bits per heavy atom. The number of hydrogen-bond donors (Lipinski definition) is 0. The second-order valence-electron chi connectivity index (χ2n) is 4.37. The zero-order valence-corrected chi connectivity index (χ0v) is 13.4. The van der Waals surface area contributed by atoms with Gasteiger partial charge in [-0.2, -0.15) is 0 Å². The van der Waals surface area contributed by atoms with Crippen LogP contribution >= 0.6 is 11.6 Å². The van der Waals surface area contributed by atoms with Crippen LogP contribution in [0.4, 0.5) is 0 Å². The molecule has 0 spiro atoms. The summed E-state index contributed by atoms with van der Waals surface area (Å²) in [6.07, 6.45) is 0. The van der Waals surface area contributed by atoms with Gasteiger partial charge in [0.2, 0.25) is 5.88 Å². The molecular weight excluding hydrogens is 310 g/mol. The zero-order chi connectivity index (χ0) is 15.2. The van der Waals surface area contributed by atoms with Crippen LogP contribution in [0.1, 0.15) is 11.3 Å². The van der Waals surface area contributed by atoms with Crippen molar-refractivity contribution in [1.82, 2.24) is 4.98 Å². The second-order valence-corrected chi connectivity index (χ2v) is 6.23. The average Bonchev–Trinajstić information content (AvgIpc) is 2.47. The van der Waals surface area contributed by atoms with E-state index in [0.717, 1.165) is 11.3 Å². The van der Waals surface area contributed by atoms with Crippen LogP contribution in [0.25, 0.3) is 0 Å². The van der Waals surface area contributed by atoms with E-state index >= 15 is 0 Å². The highest BCUT2D eigenvalue weighted by Crippen LogP contribution is 2.25. The lowest BCUT2D eigenvalue weighted by Gasteiger charge is -2.07. The Balaban J connectivity index is 2.02. The highest BCUT2D eigenvalue weighted by atomic mass is 35.5. The number of aromatic nitrogens is 1. The number of benzene rings is 1. The van der Waals surface area contributed by atoms with Gasteiger partial charge in [-0.1, -0.05) is 23.7 Å². The van der Waals surface area contributed by atoms with Crippen LogP contribution in [0.5, 0.6) is 11.6 Å². The van der Waals surface area contributed by atoms with Gasteiger partial charge in [0.05, 0.1) is 30.7 Å². The Morgan fingerprint density at radius 2 is 1.95 bits per heavy atom. The molecule has 0 radical (unpaired) electrons. The maximum atomic E-state index is 12.2. The molecule has 0 saturated carbocycles. The molecule has 1 atom stereocenters. The molecule has 2 aromatic rings. The Kier molecular flexibility index (Phi) is 5.59. The second kappa shape index (κ2) is 7.43. The van der Waals surface area contributed by atoms with Crippen LogP contribution in [-0.4, -0.2) is 23.4 Å². The quantitative estimate of drug-likeness (QED) is 0.818. The molecule has 1 heterocycles. The molecule has 0 aliphatic carbocycles. The Hall–Kier alpha value is -1.59. The molecule has 0 bridgehead atoms. The van der Waals surface area contributed by atoms with Crippen LogP contribution in [0, 0.1) is 0 Å². The van der Waals surface area contributed by atoms with Crippen molar-refractivity contribution < 1.29 is 13.7 Å². The summed E-state index contributed by atoms with van der Waals surface area (Å²) in [6.45, 7) is 0. The fourth-order valence-corrected chi connectivity index (χ4v) is 3.28. The summed E-state index contributed by atoms with van der Waals surface area (Å²) in [6, 6.07) is 10.8. The van der Waals surface area contributed by atoms with Gasteiger partial charge in [-0.05, 0) is 23.8 Å². The minimum Gasteiger partial charge on any atom is -0.495 e. The van der Waals surface area contributed by atoms with E-state index in [1.807, 2.05) is 18.2 Å². The van der Waals surface area contributed by atoms with Crippen molar-refractivity contribution in [3.05, 3.63) is 52.7 Å². The standard InChI is InChI=1S/C15H16ClNO3S/c1-19-14-7-6-11(8-13(14)16)9-21(18)10-12-4-3-5-15(17-12)20-2/h3-8H,9-10H2,1-2H3/t21-/m1/s1. The molecule has 0 aliphatic rings. The minimum atomic E-state index is -1.07. The van der Waals surface area contributed by atoms with Gasteiger partial charge in [0.15, 0.2) is 0 Å². The van der Waals surface area contributed by atoms with Crippen LogP contribution < -0.4 is 9.47 Å². The molecule has 0 saturated heterocycles. The van der Waals surface area contributed by atoms with Gasteiger partial charge in [-0.15, -0.1) is 0 Å². The third-order valence-corrected chi connectivity index (χ3v) is 4.41. The van der Waals surface area contributed by atoms with E-state index in [1.165, 1.54) is 0 Å². The van der Waals surface area contributed by atoms with Crippen molar-refractivity contribution in [2.24, 2.45) is 0 Å². The van der Waals surface area contributed by atoms with Crippen molar-refractivity contribution >= 4 is 22.4 Å². The first-order valence-electron chi connectivity index (χ1n) is 6.29. The first-order chi connectivity index (χ1) is 10.1. The summed E-state index contributed by atoms with van der Waals surface area (Å²) < 4.78 is 22.4. The number of hydrogen-bond acceptors (Lipinski definition) is 4. The lowest BCUT2D eigenvalue weighted by molar-refractivity contribution is 0.397. The molecule has 0 unspecified atom stereocenters. The molecular formula is C15H16ClNO3S. The van der Waals surface area contributed by atoms with Crippen LogP contribution in [0.3, 0.4) is 0 Å². The first kappa shape index (κ1) is 15.8. The van der Waals surface area contributed by atoms with Gasteiger partial charge in [0, 0.05) is 22.6 Å². The largest absolute Gasteiger partial charge is 0.495 e. The van der Waals surface area contributed by atoms with Crippen molar-refractivity contribution in [2.45, 2.75) is 11.5 Å². The molecule has 6 heteroatoms. The maximum absolute atomic E-state index is 12.2. The van der Waals surface area contributed by atoms with Gasteiger partial charge < -0.3 is 9.47 Å². The van der Waals surface area contributed by atoms with Crippen molar-refractivity contribution in [1.29, 1.82) is 0 Å². The van der Waals surface area contributed by atoms with E-state index in [-0.39, 0.29) is 0 Å². The lowest BCUT2D eigenvalue weighted by Crippen LogP contribution is -2.02. The molecule has 0 N–H and O–H groups in total. The lowest BCUT2D eigenvalue weighted by atomic mass is 10.2. The van der Waals surface area contributed by atoms with Crippen LogP contribution in [-0.2, 0) is 22.3 Å².